The first-order valence-corrected chi connectivity index (χ1v) is 9.46. The molecule has 0 radical (unpaired) electrons. The van der Waals surface area contributed by atoms with Gasteiger partial charge < -0.3 is 10.3 Å². The second-order valence-corrected chi connectivity index (χ2v) is 8.50. The number of nitrogens with two attached hydrogens (primary N) is 1. The van der Waals surface area contributed by atoms with Gasteiger partial charge in [0.05, 0.1) is 11.5 Å². The number of aryl methyl sites for hydroxylation is 1. The third-order valence-electron chi connectivity index (χ3n) is 4.29. The van der Waals surface area contributed by atoms with Crippen LogP contribution in [-0.4, -0.2) is 36.6 Å². The molecule has 7 heteroatoms. The summed E-state index contributed by atoms with van der Waals surface area (Å²) in [7, 11) is -2.91. The molecule has 2 heterocycles. The summed E-state index contributed by atoms with van der Waals surface area (Å²) in [6, 6.07) is 0. The number of sulfone groups is 1. The van der Waals surface area contributed by atoms with Gasteiger partial charge in [-0.2, -0.15) is 4.98 Å². The summed E-state index contributed by atoms with van der Waals surface area (Å²) in [5.41, 5.74) is 5.64. The summed E-state index contributed by atoms with van der Waals surface area (Å²) < 4.78 is 28.2. The van der Waals surface area contributed by atoms with E-state index in [1.807, 2.05) is 0 Å². The van der Waals surface area contributed by atoms with Gasteiger partial charge >= 0.3 is 0 Å². The van der Waals surface area contributed by atoms with Crippen LogP contribution >= 0.6 is 0 Å². The van der Waals surface area contributed by atoms with E-state index < -0.39 is 9.84 Å². The van der Waals surface area contributed by atoms with Crippen LogP contribution < -0.4 is 5.73 Å². The molecule has 1 aromatic heterocycles. The average molecular weight is 315 g/mol. The van der Waals surface area contributed by atoms with Crippen molar-refractivity contribution in [2.24, 2.45) is 17.6 Å². The minimum atomic E-state index is -2.91. The standard InChI is InChI=1S/C14H25N3O3S/c1-10(2)11(5-7-15)3-4-13-16-14(17-20-13)12-6-8-21(18,19)9-12/h10-12H,3-9,15H2,1-2H3. The molecule has 2 rings (SSSR count). The van der Waals surface area contributed by atoms with E-state index in [0.29, 0.717) is 36.5 Å². The van der Waals surface area contributed by atoms with Crippen LogP contribution in [0.1, 0.15) is 50.7 Å². The number of nitrogens with zero attached hydrogens (tertiary/aromatic N) is 2. The van der Waals surface area contributed by atoms with Gasteiger partial charge in [-0.3, -0.25) is 0 Å². The lowest BCUT2D eigenvalue weighted by Gasteiger charge is -2.18. The molecule has 0 aromatic carbocycles. The Morgan fingerprint density at radius 2 is 2.14 bits per heavy atom. The van der Waals surface area contributed by atoms with Gasteiger partial charge in [0.2, 0.25) is 5.89 Å². The second kappa shape index (κ2) is 6.87. The molecular weight excluding hydrogens is 290 g/mol. The van der Waals surface area contributed by atoms with E-state index in [1.54, 1.807) is 0 Å². The topological polar surface area (TPSA) is 99.1 Å². The second-order valence-electron chi connectivity index (χ2n) is 6.27. The Balaban J connectivity index is 1.91. The van der Waals surface area contributed by atoms with E-state index in [1.165, 1.54) is 0 Å². The van der Waals surface area contributed by atoms with Crippen LogP contribution in [0.4, 0.5) is 0 Å². The van der Waals surface area contributed by atoms with Crippen LogP contribution in [0.3, 0.4) is 0 Å². The summed E-state index contributed by atoms with van der Waals surface area (Å²) in [6.07, 6.45) is 3.30. The van der Waals surface area contributed by atoms with Gasteiger partial charge in [-0.1, -0.05) is 19.0 Å². The van der Waals surface area contributed by atoms with Crippen molar-refractivity contribution in [1.82, 2.24) is 10.1 Å². The predicted octanol–water partition coefficient (Wildman–Crippen LogP) is 1.53. The molecule has 2 atom stereocenters. The van der Waals surface area contributed by atoms with Crippen molar-refractivity contribution in [1.29, 1.82) is 0 Å². The van der Waals surface area contributed by atoms with E-state index in [0.717, 1.165) is 19.3 Å². The molecule has 2 unspecified atom stereocenters. The summed E-state index contributed by atoms with van der Waals surface area (Å²) in [4.78, 5) is 4.38. The quantitative estimate of drug-likeness (QED) is 0.819. The SMILES string of the molecule is CC(C)C(CCN)CCc1nc(C2CCS(=O)(=O)C2)no1. The maximum Gasteiger partial charge on any atom is 0.226 e. The minimum absolute atomic E-state index is 0.0996. The molecule has 1 aliphatic heterocycles. The summed E-state index contributed by atoms with van der Waals surface area (Å²) >= 11 is 0. The monoisotopic (exact) mass is 315 g/mol. The molecule has 21 heavy (non-hydrogen) atoms. The van der Waals surface area contributed by atoms with E-state index in [9.17, 15) is 8.42 Å². The Morgan fingerprint density at radius 1 is 1.38 bits per heavy atom. The maximum absolute atomic E-state index is 11.5. The summed E-state index contributed by atoms with van der Waals surface area (Å²) in [6.45, 7) is 5.09. The van der Waals surface area contributed by atoms with Crippen molar-refractivity contribution in [3.05, 3.63) is 11.7 Å². The van der Waals surface area contributed by atoms with Crippen molar-refractivity contribution in [2.45, 2.75) is 45.4 Å². The molecule has 1 fully saturated rings. The van der Waals surface area contributed by atoms with Gasteiger partial charge in [-0.25, -0.2) is 8.42 Å². The minimum Gasteiger partial charge on any atom is -0.339 e. The van der Waals surface area contributed by atoms with Crippen LogP contribution in [0.5, 0.6) is 0 Å². The van der Waals surface area contributed by atoms with Crippen molar-refractivity contribution in [2.75, 3.05) is 18.1 Å². The van der Waals surface area contributed by atoms with Crippen LogP contribution in [0, 0.1) is 11.8 Å². The molecule has 120 valence electrons. The highest BCUT2D eigenvalue weighted by atomic mass is 32.2. The smallest absolute Gasteiger partial charge is 0.226 e. The molecule has 0 amide bonds. The summed E-state index contributed by atoms with van der Waals surface area (Å²) in [5, 5.41) is 3.96. The lowest BCUT2D eigenvalue weighted by molar-refractivity contribution is 0.312. The average Bonchev–Trinajstić information content (AvgIpc) is 3.00. The fourth-order valence-electron chi connectivity index (χ4n) is 2.87. The molecule has 1 aliphatic rings. The van der Waals surface area contributed by atoms with Gasteiger partial charge in [0.25, 0.3) is 0 Å². The molecule has 0 bridgehead atoms. The highest BCUT2D eigenvalue weighted by Crippen LogP contribution is 2.27. The van der Waals surface area contributed by atoms with Crippen molar-refractivity contribution in [3.63, 3.8) is 0 Å². The normalized spacial score (nSPS) is 22.8. The third kappa shape index (κ3) is 4.51. The van der Waals surface area contributed by atoms with Crippen molar-refractivity contribution >= 4 is 9.84 Å². The molecule has 1 saturated heterocycles. The number of rotatable bonds is 7. The van der Waals surface area contributed by atoms with Crippen LogP contribution in [0.25, 0.3) is 0 Å². The Hall–Kier alpha value is -0.950. The first-order chi connectivity index (χ1) is 9.91. The molecule has 2 N–H and O–H groups in total. The predicted molar refractivity (Wildman–Crippen MR) is 80.6 cm³/mol. The molecule has 0 aliphatic carbocycles. The Bertz CT molecular complexity index is 554. The Morgan fingerprint density at radius 3 is 2.71 bits per heavy atom. The zero-order valence-corrected chi connectivity index (χ0v) is 13.6. The highest BCUT2D eigenvalue weighted by Gasteiger charge is 2.32. The lowest BCUT2D eigenvalue weighted by Crippen LogP contribution is -2.15. The summed E-state index contributed by atoms with van der Waals surface area (Å²) in [5.74, 6) is 2.56. The van der Waals surface area contributed by atoms with E-state index >= 15 is 0 Å². The largest absolute Gasteiger partial charge is 0.339 e. The maximum atomic E-state index is 11.5. The van der Waals surface area contributed by atoms with Gasteiger partial charge in [-0.15, -0.1) is 0 Å². The third-order valence-corrected chi connectivity index (χ3v) is 6.06. The molecule has 6 nitrogen and oxygen atoms in total. The van der Waals surface area contributed by atoms with Crippen molar-refractivity contribution in [3.8, 4) is 0 Å². The first kappa shape index (κ1) is 16.4. The Labute approximate surface area is 126 Å². The van der Waals surface area contributed by atoms with Crippen LogP contribution in [-0.2, 0) is 16.3 Å². The first-order valence-electron chi connectivity index (χ1n) is 7.64. The zero-order valence-electron chi connectivity index (χ0n) is 12.8. The number of hydrogen-bond donors (Lipinski definition) is 1. The lowest BCUT2D eigenvalue weighted by atomic mass is 9.88. The Kier molecular flexibility index (Phi) is 5.37. The highest BCUT2D eigenvalue weighted by molar-refractivity contribution is 7.91. The number of aromatic nitrogens is 2. The molecule has 0 saturated carbocycles. The van der Waals surface area contributed by atoms with Crippen LogP contribution in [0.15, 0.2) is 4.52 Å². The van der Waals surface area contributed by atoms with Gasteiger partial charge in [0.1, 0.15) is 0 Å². The van der Waals surface area contributed by atoms with Gasteiger partial charge in [0, 0.05) is 12.3 Å². The van der Waals surface area contributed by atoms with Gasteiger partial charge in [-0.05, 0) is 37.6 Å². The molecule has 0 spiro atoms. The zero-order chi connectivity index (χ0) is 15.5. The van der Waals surface area contributed by atoms with E-state index in [-0.39, 0.29) is 17.4 Å². The number of hydrogen-bond acceptors (Lipinski definition) is 6. The fourth-order valence-corrected chi connectivity index (χ4v) is 4.61. The van der Waals surface area contributed by atoms with Gasteiger partial charge in [0.15, 0.2) is 15.7 Å². The van der Waals surface area contributed by atoms with E-state index in [2.05, 4.69) is 24.0 Å². The van der Waals surface area contributed by atoms with Crippen molar-refractivity contribution < 1.29 is 12.9 Å². The molecular formula is C14H25N3O3S. The van der Waals surface area contributed by atoms with Crippen LogP contribution in [0.2, 0.25) is 0 Å². The molecule has 1 aromatic rings. The van der Waals surface area contributed by atoms with E-state index in [4.69, 9.17) is 10.3 Å². The fraction of sp³-hybridized carbons (Fsp3) is 0.857.